The van der Waals surface area contributed by atoms with E-state index in [4.69, 9.17) is 16.3 Å². The van der Waals surface area contributed by atoms with Crippen LogP contribution in [0.1, 0.15) is 24.5 Å². The molecule has 0 aromatic heterocycles. The number of nitrogens with zero attached hydrogens (tertiary/aromatic N) is 2. The highest BCUT2D eigenvalue weighted by atomic mass is 35.5. The molecule has 33 heavy (non-hydrogen) atoms. The third-order valence-corrected chi connectivity index (χ3v) is 6.71. The Kier molecular flexibility index (Phi) is 9.13. The van der Waals surface area contributed by atoms with Crippen molar-refractivity contribution >= 4 is 39.1 Å². The lowest BCUT2D eigenvalue weighted by atomic mass is 10.1. The van der Waals surface area contributed by atoms with Crippen LogP contribution in [-0.4, -0.2) is 58.1 Å². The van der Waals surface area contributed by atoms with Gasteiger partial charge in [-0.1, -0.05) is 42.8 Å². The highest BCUT2D eigenvalue weighted by molar-refractivity contribution is 7.92. The Bertz CT molecular complexity index is 1110. The smallest absolute Gasteiger partial charge is 0.244 e. The number of aryl methyl sites for hydroxylation is 1. The predicted octanol–water partition coefficient (Wildman–Crippen LogP) is 2.98. The third-order valence-electron chi connectivity index (χ3n) is 5.21. The molecule has 8 nitrogen and oxygen atoms in total. The van der Waals surface area contributed by atoms with Gasteiger partial charge in [0, 0.05) is 18.6 Å². The molecule has 0 radical (unpaired) electrons. The normalized spacial score (nSPS) is 12.1. The number of methoxy groups -OCH3 is 1. The number of halogens is 1. The summed E-state index contributed by atoms with van der Waals surface area (Å²) in [5.41, 5.74) is 1.70. The molecule has 2 rings (SSSR count). The van der Waals surface area contributed by atoms with Gasteiger partial charge in [0.1, 0.15) is 18.3 Å². The van der Waals surface area contributed by atoms with Crippen LogP contribution in [0.3, 0.4) is 0 Å². The Morgan fingerprint density at radius 1 is 1.18 bits per heavy atom. The lowest BCUT2D eigenvalue weighted by molar-refractivity contribution is -0.140. The molecule has 180 valence electrons. The second-order valence-electron chi connectivity index (χ2n) is 7.60. The number of carbonyl (C=O) groups is 2. The van der Waals surface area contributed by atoms with Crippen molar-refractivity contribution < 1.29 is 22.7 Å². The zero-order valence-corrected chi connectivity index (χ0v) is 21.0. The van der Waals surface area contributed by atoms with Gasteiger partial charge in [-0.05, 0) is 42.7 Å². The van der Waals surface area contributed by atoms with Crippen molar-refractivity contribution in [2.24, 2.45) is 0 Å². The van der Waals surface area contributed by atoms with Crippen molar-refractivity contribution in [3.63, 3.8) is 0 Å². The lowest BCUT2D eigenvalue weighted by Gasteiger charge is -2.33. The van der Waals surface area contributed by atoms with Crippen LogP contribution in [0.5, 0.6) is 5.75 Å². The largest absolute Gasteiger partial charge is 0.495 e. The highest BCUT2D eigenvalue weighted by Gasteiger charge is 2.32. The average molecular weight is 496 g/mol. The molecule has 10 heteroatoms. The summed E-state index contributed by atoms with van der Waals surface area (Å²) in [5.74, 6) is -0.578. The Labute approximate surface area is 200 Å². The number of nitrogens with one attached hydrogen (secondary N) is 1. The number of rotatable bonds is 10. The Hall–Kier alpha value is -2.78. The number of ether oxygens (including phenoxy) is 1. The monoisotopic (exact) mass is 495 g/mol. The van der Waals surface area contributed by atoms with Gasteiger partial charge in [-0.25, -0.2) is 8.42 Å². The van der Waals surface area contributed by atoms with Crippen molar-refractivity contribution in [2.75, 3.05) is 31.3 Å². The molecule has 0 aliphatic heterocycles. The van der Waals surface area contributed by atoms with E-state index in [0.717, 1.165) is 16.1 Å². The van der Waals surface area contributed by atoms with E-state index in [-0.39, 0.29) is 18.1 Å². The summed E-state index contributed by atoms with van der Waals surface area (Å²) in [5, 5.41) is 3.02. The lowest BCUT2D eigenvalue weighted by Crippen LogP contribution is -2.51. The van der Waals surface area contributed by atoms with Gasteiger partial charge in [0.05, 0.1) is 19.1 Å². The van der Waals surface area contributed by atoms with Crippen molar-refractivity contribution in [3.8, 4) is 5.75 Å². The van der Waals surface area contributed by atoms with Crippen LogP contribution in [0.2, 0.25) is 5.02 Å². The number of amides is 2. The highest BCUT2D eigenvalue weighted by Crippen LogP contribution is 2.31. The number of carbonyl (C=O) groups excluding carboxylic acids is 2. The fraction of sp³-hybridized carbons (Fsp3) is 0.391. The van der Waals surface area contributed by atoms with Gasteiger partial charge in [-0.2, -0.15) is 0 Å². The van der Waals surface area contributed by atoms with Gasteiger partial charge in [-0.3, -0.25) is 13.9 Å². The van der Waals surface area contributed by atoms with Crippen LogP contribution < -0.4 is 14.4 Å². The summed E-state index contributed by atoms with van der Waals surface area (Å²) in [6.45, 7) is 3.14. The molecule has 2 amide bonds. The van der Waals surface area contributed by atoms with Crippen molar-refractivity contribution in [1.82, 2.24) is 10.2 Å². The van der Waals surface area contributed by atoms with Crippen LogP contribution in [0.25, 0.3) is 0 Å². The van der Waals surface area contributed by atoms with E-state index in [0.29, 0.717) is 22.8 Å². The second-order valence-corrected chi connectivity index (χ2v) is 9.91. The summed E-state index contributed by atoms with van der Waals surface area (Å²) in [7, 11) is -0.937. The van der Waals surface area contributed by atoms with E-state index in [1.807, 2.05) is 6.92 Å². The van der Waals surface area contributed by atoms with Gasteiger partial charge in [0.25, 0.3) is 0 Å². The summed E-state index contributed by atoms with van der Waals surface area (Å²) in [6, 6.07) is 11.3. The molecule has 0 saturated carbocycles. The molecular formula is C23H30ClN3O5S. The minimum Gasteiger partial charge on any atom is -0.495 e. The second kappa shape index (κ2) is 11.4. The molecule has 2 aromatic rings. The minimum absolute atomic E-state index is 0.0486. The Balaban J connectivity index is 2.52. The number of hydrogen-bond acceptors (Lipinski definition) is 5. The van der Waals surface area contributed by atoms with E-state index in [1.54, 1.807) is 49.4 Å². The van der Waals surface area contributed by atoms with Crippen LogP contribution in [0.4, 0.5) is 5.69 Å². The SMILES string of the molecule is CC[C@@H](C(=O)NC)N(Cc1ccccc1Cl)C(=O)CN(c1cc(C)ccc1OC)S(C)(=O)=O. The molecule has 1 atom stereocenters. The van der Waals surface area contributed by atoms with Gasteiger partial charge >= 0.3 is 0 Å². The van der Waals surface area contributed by atoms with Gasteiger partial charge in [0.15, 0.2) is 0 Å². The minimum atomic E-state index is -3.86. The zero-order valence-electron chi connectivity index (χ0n) is 19.5. The Morgan fingerprint density at radius 3 is 2.39 bits per heavy atom. The predicted molar refractivity (Wildman–Crippen MR) is 130 cm³/mol. The summed E-state index contributed by atoms with van der Waals surface area (Å²) in [4.78, 5) is 27.5. The summed E-state index contributed by atoms with van der Waals surface area (Å²) < 4.78 is 31.8. The standard InChI is InChI=1S/C23H30ClN3O5S/c1-6-19(23(29)25-3)26(14-17-9-7-8-10-18(17)24)22(28)15-27(33(5,30)31)20-13-16(2)11-12-21(20)32-4/h7-13,19H,6,14-15H2,1-5H3,(H,25,29)/t19-/m0/s1. The molecule has 0 bridgehead atoms. The maximum atomic E-state index is 13.6. The number of hydrogen-bond donors (Lipinski definition) is 1. The molecule has 2 aromatic carbocycles. The van der Waals surface area contributed by atoms with Crippen molar-refractivity contribution in [3.05, 3.63) is 58.6 Å². The first-order valence-corrected chi connectivity index (χ1v) is 12.6. The number of benzene rings is 2. The molecule has 0 spiro atoms. The van der Waals surface area contributed by atoms with Crippen LogP contribution in [-0.2, 0) is 26.2 Å². The summed E-state index contributed by atoms with van der Waals surface area (Å²) in [6.07, 6.45) is 1.36. The van der Waals surface area contributed by atoms with Gasteiger partial charge in [-0.15, -0.1) is 0 Å². The summed E-state index contributed by atoms with van der Waals surface area (Å²) >= 11 is 6.30. The molecular weight excluding hydrogens is 466 g/mol. The average Bonchev–Trinajstić information content (AvgIpc) is 2.77. The zero-order chi connectivity index (χ0) is 24.8. The first-order valence-electron chi connectivity index (χ1n) is 10.4. The maximum Gasteiger partial charge on any atom is 0.244 e. The number of sulfonamides is 1. The van der Waals surface area contributed by atoms with E-state index in [9.17, 15) is 18.0 Å². The molecule has 0 unspecified atom stereocenters. The molecule has 0 saturated heterocycles. The first kappa shape index (κ1) is 26.5. The van der Waals surface area contributed by atoms with Crippen LogP contribution >= 0.6 is 11.6 Å². The van der Waals surface area contributed by atoms with Gasteiger partial charge in [0.2, 0.25) is 21.8 Å². The third kappa shape index (κ3) is 6.61. The fourth-order valence-electron chi connectivity index (χ4n) is 3.49. The quantitative estimate of drug-likeness (QED) is 0.546. The van der Waals surface area contributed by atoms with Crippen molar-refractivity contribution in [2.45, 2.75) is 32.9 Å². The van der Waals surface area contributed by atoms with E-state index >= 15 is 0 Å². The fourth-order valence-corrected chi connectivity index (χ4v) is 4.53. The van der Waals surface area contributed by atoms with E-state index in [1.165, 1.54) is 19.1 Å². The molecule has 0 aliphatic rings. The Morgan fingerprint density at radius 2 is 1.85 bits per heavy atom. The number of anilines is 1. The molecule has 0 heterocycles. The van der Waals surface area contributed by atoms with Crippen LogP contribution in [0.15, 0.2) is 42.5 Å². The molecule has 0 fully saturated rings. The topological polar surface area (TPSA) is 96.0 Å². The van der Waals surface area contributed by atoms with Gasteiger partial charge < -0.3 is 15.0 Å². The van der Waals surface area contributed by atoms with E-state index < -0.39 is 28.5 Å². The van der Waals surface area contributed by atoms with Crippen LogP contribution in [0, 0.1) is 6.92 Å². The molecule has 0 aliphatic carbocycles. The number of likely N-dealkylation sites (N-methyl/N-ethyl adjacent to an activating group) is 1. The maximum absolute atomic E-state index is 13.6. The molecule has 1 N–H and O–H groups in total. The van der Waals surface area contributed by atoms with Crippen molar-refractivity contribution in [1.29, 1.82) is 0 Å². The first-order chi connectivity index (χ1) is 15.5. The van der Waals surface area contributed by atoms with E-state index in [2.05, 4.69) is 5.32 Å².